The van der Waals surface area contributed by atoms with Crippen molar-refractivity contribution in [2.24, 2.45) is 5.73 Å². The van der Waals surface area contributed by atoms with E-state index in [0.717, 1.165) is 36.3 Å². The van der Waals surface area contributed by atoms with E-state index >= 15 is 0 Å². The van der Waals surface area contributed by atoms with Crippen molar-refractivity contribution in [1.29, 1.82) is 0 Å². The molecule has 4 heteroatoms. The van der Waals surface area contributed by atoms with E-state index < -0.39 is 0 Å². The molecule has 0 atom stereocenters. The minimum absolute atomic E-state index is 0.407. The van der Waals surface area contributed by atoms with Crippen molar-refractivity contribution in [3.05, 3.63) is 53.2 Å². The lowest BCUT2D eigenvalue weighted by Crippen LogP contribution is -2.20. The summed E-state index contributed by atoms with van der Waals surface area (Å²) in [6.45, 7) is 0. The first kappa shape index (κ1) is 13.1. The molecule has 0 fully saturated rings. The lowest BCUT2D eigenvalue weighted by molar-refractivity contribution is 0.898. The molecule has 0 radical (unpaired) electrons. The average molecular weight is 283 g/mol. The van der Waals surface area contributed by atoms with Crippen molar-refractivity contribution in [1.82, 2.24) is 4.98 Å². The van der Waals surface area contributed by atoms with Gasteiger partial charge in [-0.05, 0) is 43.0 Å². The van der Waals surface area contributed by atoms with Crippen LogP contribution in [0.3, 0.4) is 0 Å². The van der Waals surface area contributed by atoms with E-state index in [1.54, 1.807) is 0 Å². The number of fused-ring (bicyclic) bond motifs is 1. The van der Waals surface area contributed by atoms with E-state index in [9.17, 15) is 0 Å². The summed E-state index contributed by atoms with van der Waals surface area (Å²) in [4.78, 5) is 7.27. The van der Waals surface area contributed by atoms with E-state index in [2.05, 4.69) is 18.2 Å². The molecule has 0 spiro atoms. The predicted octanol–water partition coefficient (Wildman–Crippen LogP) is 2.97. The molecule has 1 heterocycles. The lowest BCUT2D eigenvalue weighted by atomic mass is 10.1. The van der Waals surface area contributed by atoms with Gasteiger partial charge in [0.2, 0.25) is 0 Å². The average Bonchev–Trinajstić information content (AvgIpc) is 2.93. The SMILES string of the molecule is CN(c1ccccc1)c1nc2c(cc1C(N)=S)CCC2. The predicted molar refractivity (Wildman–Crippen MR) is 86.7 cm³/mol. The summed E-state index contributed by atoms with van der Waals surface area (Å²) in [7, 11) is 2.00. The summed E-state index contributed by atoms with van der Waals surface area (Å²) >= 11 is 5.20. The third-order valence-electron chi connectivity index (χ3n) is 3.76. The van der Waals surface area contributed by atoms with Gasteiger partial charge >= 0.3 is 0 Å². The van der Waals surface area contributed by atoms with Gasteiger partial charge in [-0.1, -0.05) is 30.4 Å². The molecule has 2 aromatic rings. The van der Waals surface area contributed by atoms with Crippen LogP contribution in [0.15, 0.2) is 36.4 Å². The fourth-order valence-electron chi connectivity index (χ4n) is 2.67. The monoisotopic (exact) mass is 283 g/mol. The summed E-state index contributed by atoms with van der Waals surface area (Å²) < 4.78 is 0. The largest absolute Gasteiger partial charge is 0.389 e. The second-order valence-corrected chi connectivity index (χ2v) is 5.52. The van der Waals surface area contributed by atoms with Crippen molar-refractivity contribution in [3.63, 3.8) is 0 Å². The molecule has 3 nitrogen and oxygen atoms in total. The minimum Gasteiger partial charge on any atom is -0.389 e. The number of pyridine rings is 1. The maximum absolute atomic E-state index is 5.89. The number of hydrogen-bond donors (Lipinski definition) is 1. The van der Waals surface area contributed by atoms with Crippen molar-refractivity contribution >= 4 is 28.7 Å². The third kappa shape index (κ3) is 2.27. The van der Waals surface area contributed by atoms with Crippen molar-refractivity contribution in [2.75, 3.05) is 11.9 Å². The van der Waals surface area contributed by atoms with Crippen molar-refractivity contribution in [2.45, 2.75) is 19.3 Å². The normalized spacial score (nSPS) is 13.1. The molecule has 102 valence electrons. The molecular formula is C16H17N3S. The molecule has 0 saturated heterocycles. The maximum Gasteiger partial charge on any atom is 0.143 e. The minimum atomic E-state index is 0.407. The highest BCUT2D eigenvalue weighted by atomic mass is 32.1. The molecule has 0 aliphatic heterocycles. The van der Waals surface area contributed by atoms with Crippen LogP contribution in [0.1, 0.15) is 23.2 Å². The zero-order valence-corrected chi connectivity index (χ0v) is 12.3. The molecule has 3 rings (SSSR count). The standard InChI is InChI=1S/C16H17N3S/c1-19(12-7-3-2-4-8-12)16-13(15(17)20)10-11-6-5-9-14(11)18-16/h2-4,7-8,10H,5-6,9H2,1H3,(H2,17,20). The molecule has 20 heavy (non-hydrogen) atoms. The number of rotatable bonds is 3. The fourth-order valence-corrected chi connectivity index (χ4v) is 2.82. The Kier molecular flexibility index (Phi) is 3.40. The van der Waals surface area contributed by atoms with E-state index in [-0.39, 0.29) is 0 Å². The Morgan fingerprint density at radius 1 is 1.25 bits per heavy atom. The molecule has 1 aliphatic rings. The topological polar surface area (TPSA) is 42.2 Å². The van der Waals surface area contributed by atoms with Crippen LogP contribution in [0.5, 0.6) is 0 Å². The molecule has 1 aliphatic carbocycles. The van der Waals surface area contributed by atoms with Gasteiger partial charge in [0.25, 0.3) is 0 Å². The van der Waals surface area contributed by atoms with Crippen LogP contribution in [-0.4, -0.2) is 17.0 Å². The Labute approximate surface area is 124 Å². The molecule has 2 N–H and O–H groups in total. The summed E-state index contributed by atoms with van der Waals surface area (Å²) in [5, 5.41) is 0. The van der Waals surface area contributed by atoms with Gasteiger partial charge in [0, 0.05) is 18.4 Å². The number of aryl methyl sites for hydroxylation is 2. The number of benzene rings is 1. The van der Waals surface area contributed by atoms with Gasteiger partial charge in [-0.3, -0.25) is 0 Å². The smallest absolute Gasteiger partial charge is 0.143 e. The van der Waals surface area contributed by atoms with Crippen LogP contribution in [0, 0.1) is 0 Å². The first-order valence-electron chi connectivity index (χ1n) is 6.78. The van der Waals surface area contributed by atoms with Gasteiger partial charge in [-0.25, -0.2) is 4.98 Å². The van der Waals surface area contributed by atoms with Crippen LogP contribution in [-0.2, 0) is 12.8 Å². The molecule has 0 bridgehead atoms. The zero-order valence-electron chi connectivity index (χ0n) is 11.5. The summed E-state index contributed by atoms with van der Waals surface area (Å²) in [5.74, 6) is 0.851. The Balaban J connectivity index is 2.10. The fraction of sp³-hybridized carbons (Fsp3) is 0.250. The zero-order chi connectivity index (χ0) is 14.1. The van der Waals surface area contributed by atoms with E-state index in [1.165, 1.54) is 11.3 Å². The van der Waals surface area contributed by atoms with Gasteiger partial charge in [0.05, 0.1) is 5.56 Å². The van der Waals surface area contributed by atoms with Crippen LogP contribution in [0.4, 0.5) is 11.5 Å². The second-order valence-electron chi connectivity index (χ2n) is 5.08. The Morgan fingerprint density at radius 2 is 2.00 bits per heavy atom. The lowest BCUT2D eigenvalue weighted by Gasteiger charge is -2.22. The van der Waals surface area contributed by atoms with Crippen LogP contribution in [0.25, 0.3) is 0 Å². The molecule has 0 amide bonds. The quantitative estimate of drug-likeness (QED) is 0.879. The van der Waals surface area contributed by atoms with Gasteiger partial charge in [0.15, 0.2) is 0 Å². The number of nitrogens with two attached hydrogens (primary N) is 1. The molecule has 0 saturated carbocycles. The third-order valence-corrected chi connectivity index (χ3v) is 3.98. The van der Waals surface area contributed by atoms with Crippen molar-refractivity contribution in [3.8, 4) is 0 Å². The van der Waals surface area contributed by atoms with Crippen molar-refractivity contribution < 1.29 is 0 Å². The van der Waals surface area contributed by atoms with Gasteiger partial charge < -0.3 is 10.6 Å². The number of para-hydroxylation sites is 1. The summed E-state index contributed by atoms with van der Waals surface area (Å²) in [5.41, 5.74) is 10.3. The van der Waals surface area contributed by atoms with Gasteiger partial charge in [0.1, 0.15) is 10.8 Å². The van der Waals surface area contributed by atoms with E-state index in [4.69, 9.17) is 22.9 Å². The highest BCUT2D eigenvalue weighted by molar-refractivity contribution is 7.80. The number of hydrogen-bond acceptors (Lipinski definition) is 3. The van der Waals surface area contributed by atoms with Crippen LogP contribution in [0.2, 0.25) is 0 Å². The molecule has 1 aromatic carbocycles. The molecule has 0 unspecified atom stereocenters. The highest BCUT2D eigenvalue weighted by Crippen LogP contribution is 2.30. The first-order chi connectivity index (χ1) is 9.66. The van der Waals surface area contributed by atoms with Gasteiger partial charge in [-0.15, -0.1) is 0 Å². The number of anilines is 2. The second kappa shape index (κ2) is 5.21. The molecular weight excluding hydrogens is 266 g/mol. The summed E-state index contributed by atoms with van der Waals surface area (Å²) in [6.07, 6.45) is 3.29. The number of nitrogens with zero attached hydrogens (tertiary/aromatic N) is 2. The van der Waals surface area contributed by atoms with Crippen LogP contribution < -0.4 is 10.6 Å². The maximum atomic E-state index is 5.89. The first-order valence-corrected chi connectivity index (χ1v) is 7.19. The Morgan fingerprint density at radius 3 is 2.70 bits per heavy atom. The highest BCUT2D eigenvalue weighted by Gasteiger charge is 2.20. The number of aromatic nitrogens is 1. The molecule has 1 aromatic heterocycles. The van der Waals surface area contributed by atoms with Crippen LogP contribution >= 0.6 is 12.2 Å². The Hall–Kier alpha value is -1.94. The Bertz CT molecular complexity index is 652. The summed E-state index contributed by atoms with van der Waals surface area (Å²) in [6, 6.07) is 12.3. The van der Waals surface area contributed by atoms with E-state index in [0.29, 0.717) is 4.99 Å². The van der Waals surface area contributed by atoms with Gasteiger partial charge in [-0.2, -0.15) is 0 Å². The number of thiocarbonyl (C=S) groups is 1. The van der Waals surface area contributed by atoms with E-state index in [1.807, 2.05) is 30.1 Å².